The van der Waals surface area contributed by atoms with Crippen molar-refractivity contribution in [3.05, 3.63) is 0 Å². The highest BCUT2D eigenvalue weighted by Crippen LogP contribution is 2.30. The predicted molar refractivity (Wildman–Crippen MR) is 73.2 cm³/mol. The molecule has 0 aromatic carbocycles. The average molecular weight is 253 g/mol. The van der Waals surface area contributed by atoms with Crippen molar-refractivity contribution >= 4 is 5.91 Å². The summed E-state index contributed by atoms with van der Waals surface area (Å²) in [5.41, 5.74) is 5.72. The van der Waals surface area contributed by atoms with E-state index in [9.17, 15) is 4.79 Å². The number of carbonyl (C=O) groups is 1. The molecule has 1 amide bonds. The molecule has 2 atom stereocenters. The van der Waals surface area contributed by atoms with E-state index in [4.69, 9.17) is 5.73 Å². The molecule has 0 radical (unpaired) electrons. The van der Waals surface area contributed by atoms with Gasteiger partial charge in [-0.05, 0) is 51.2 Å². The van der Waals surface area contributed by atoms with E-state index in [0.717, 1.165) is 32.4 Å². The molecule has 0 aromatic rings. The first-order chi connectivity index (χ1) is 8.81. The van der Waals surface area contributed by atoms with Crippen LogP contribution in [0.1, 0.15) is 38.5 Å². The van der Waals surface area contributed by atoms with Crippen LogP contribution in [0.3, 0.4) is 0 Å². The van der Waals surface area contributed by atoms with Gasteiger partial charge < -0.3 is 16.0 Å². The third-order valence-electron chi connectivity index (χ3n) is 4.47. The number of carbonyl (C=O) groups excluding carboxylic acids is 1. The standard InChI is InChI=1S/C14H27N3O/c15-11-12-5-4-6-13(12)14(18)16-7-10-17-8-2-1-3-9-17/h12-13H,1-11,15H2,(H,16,18)/t12-,13-/m1/s1. The van der Waals surface area contributed by atoms with Crippen molar-refractivity contribution < 1.29 is 4.79 Å². The summed E-state index contributed by atoms with van der Waals surface area (Å²) in [7, 11) is 0. The van der Waals surface area contributed by atoms with Crippen LogP contribution in [0.5, 0.6) is 0 Å². The van der Waals surface area contributed by atoms with Crippen molar-refractivity contribution in [2.75, 3.05) is 32.7 Å². The van der Waals surface area contributed by atoms with E-state index in [0.29, 0.717) is 12.5 Å². The minimum atomic E-state index is 0.177. The highest BCUT2D eigenvalue weighted by Gasteiger charge is 2.31. The van der Waals surface area contributed by atoms with Crippen LogP contribution >= 0.6 is 0 Å². The lowest BCUT2D eigenvalue weighted by atomic mass is 9.95. The second-order valence-electron chi connectivity index (χ2n) is 5.73. The molecular weight excluding hydrogens is 226 g/mol. The Labute approximate surface area is 110 Å². The molecule has 2 aliphatic rings. The maximum Gasteiger partial charge on any atom is 0.223 e. The molecule has 18 heavy (non-hydrogen) atoms. The van der Waals surface area contributed by atoms with Gasteiger partial charge in [-0.15, -0.1) is 0 Å². The van der Waals surface area contributed by atoms with E-state index in [1.807, 2.05) is 0 Å². The van der Waals surface area contributed by atoms with Crippen molar-refractivity contribution in [2.45, 2.75) is 38.5 Å². The minimum absolute atomic E-state index is 0.177. The fraction of sp³-hybridized carbons (Fsp3) is 0.929. The number of nitrogens with zero attached hydrogens (tertiary/aromatic N) is 1. The van der Waals surface area contributed by atoms with Crippen LogP contribution in [0, 0.1) is 11.8 Å². The lowest BCUT2D eigenvalue weighted by molar-refractivity contribution is -0.126. The van der Waals surface area contributed by atoms with E-state index in [-0.39, 0.29) is 11.8 Å². The Morgan fingerprint density at radius 2 is 1.94 bits per heavy atom. The van der Waals surface area contributed by atoms with Gasteiger partial charge in [-0.1, -0.05) is 12.8 Å². The SMILES string of the molecule is NC[C@H]1CCC[C@H]1C(=O)NCCN1CCCCC1. The van der Waals surface area contributed by atoms with Gasteiger partial charge in [-0.25, -0.2) is 0 Å². The Balaban J connectivity index is 1.64. The summed E-state index contributed by atoms with van der Waals surface area (Å²) >= 11 is 0. The second kappa shape index (κ2) is 7.10. The van der Waals surface area contributed by atoms with Crippen LogP contribution in [0.4, 0.5) is 0 Å². The Hall–Kier alpha value is -0.610. The molecule has 4 nitrogen and oxygen atoms in total. The highest BCUT2D eigenvalue weighted by molar-refractivity contribution is 5.79. The smallest absolute Gasteiger partial charge is 0.223 e. The van der Waals surface area contributed by atoms with Crippen LogP contribution in [0.15, 0.2) is 0 Å². The van der Waals surface area contributed by atoms with Crippen LogP contribution in [0.2, 0.25) is 0 Å². The molecular formula is C14H27N3O. The fourth-order valence-corrected chi connectivity index (χ4v) is 3.32. The molecule has 104 valence electrons. The molecule has 3 N–H and O–H groups in total. The van der Waals surface area contributed by atoms with Crippen LogP contribution < -0.4 is 11.1 Å². The van der Waals surface area contributed by atoms with Gasteiger partial charge in [0.15, 0.2) is 0 Å². The number of nitrogens with two attached hydrogens (primary N) is 1. The lowest BCUT2D eigenvalue weighted by Crippen LogP contribution is -2.41. The van der Waals surface area contributed by atoms with E-state index in [2.05, 4.69) is 10.2 Å². The molecule has 0 bridgehead atoms. The van der Waals surface area contributed by atoms with E-state index >= 15 is 0 Å². The molecule has 1 aliphatic heterocycles. The third-order valence-corrected chi connectivity index (χ3v) is 4.47. The van der Waals surface area contributed by atoms with Crippen molar-refractivity contribution in [1.82, 2.24) is 10.2 Å². The zero-order chi connectivity index (χ0) is 12.8. The number of hydrogen-bond donors (Lipinski definition) is 2. The molecule has 0 unspecified atom stereocenters. The van der Waals surface area contributed by atoms with E-state index in [1.165, 1.54) is 32.4 Å². The molecule has 1 saturated carbocycles. The molecule has 2 rings (SSSR count). The van der Waals surface area contributed by atoms with Crippen LogP contribution in [-0.2, 0) is 4.79 Å². The highest BCUT2D eigenvalue weighted by atomic mass is 16.1. The van der Waals surface area contributed by atoms with E-state index in [1.54, 1.807) is 0 Å². The summed E-state index contributed by atoms with van der Waals surface area (Å²) in [6.45, 7) is 4.86. The molecule has 4 heteroatoms. The number of rotatable bonds is 5. The number of hydrogen-bond acceptors (Lipinski definition) is 3. The summed E-state index contributed by atoms with van der Waals surface area (Å²) in [5, 5.41) is 3.10. The van der Waals surface area contributed by atoms with Gasteiger partial charge in [0.05, 0.1) is 0 Å². The molecule has 0 aromatic heterocycles. The van der Waals surface area contributed by atoms with Crippen molar-refractivity contribution in [3.63, 3.8) is 0 Å². The monoisotopic (exact) mass is 253 g/mol. The Kier molecular flexibility index (Phi) is 5.45. The number of piperidine rings is 1. The van der Waals surface area contributed by atoms with Crippen LogP contribution in [-0.4, -0.2) is 43.5 Å². The largest absolute Gasteiger partial charge is 0.355 e. The molecule has 1 saturated heterocycles. The zero-order valence-electron chi connectivity index (χ0n) is 11.4. The maximum absolute atomic E-state index is 12.1. The fourth-order valence-electron chi connectivity index (χ4n) is 3.32. The maximum atomic E-state index is 12.1. The number of nitrogens with one attached hydrogen (secondary N) is 1. The van der Waals surface area contributed by atoms with Gasteiger partial charge in [-0.3, -0.25) is 4.79 Å². The first kappa shape index (κ1) is 13.8. The topological polar surface area (TPSA) is 58.4 Å². The zero-order valence-corrected chi connectivity index (χ0v) is 11.4. The number of likely N-dealkylation sites (tertiary alicyclic amines) is 1. The van der Waals surface area contributed by atoms with Crippen molar-refractivity contribution in [1.29, 1.82) is 0 Å². The summed E-state index contributed by atoms with van der Waals surface area (Å²) in [5.74, 6) is 0.830. The summed E-state index contributed by atoms with van der Waals surface area (Å²) in [6.07, 6.45) is 7.30. The molecule has 0 spiro atoms. The van der Waals surface area contributed by atoms with Gasteiger partial charge in [0, 0.05) is 19.0 Å². The van der Waals surface area contributed by atoms with E-state index < -0.39 is 0 Å². The van der Waals surface area contributed by atoms with Gasteiger partial charge in [-0.2, -0.15) is 0 Å². The number of amides is 1. The molecule has 1 aliphatic carbocycles. The predicted octanol–water partition coefficient (Wildman–Crippen LogP) is 0.964. The van der Waals surface area contributed by atoms with Crippen molar-refractivity contribution in [2.24, 2.45) is 17.6 Å². The second-order valence-corrected chi connectivity index (χ2v) is 5.73. The Bertz CT molecular complexity index is 264. The first-order valence-corrected chi connectivity index (χ1v) is 7.51. The Morgan fingerprint density at radius 3 is 2.67 bits per heavy atom. The quantitative estimate of drug-likeness (QED) is 0.767. The lowest BCUT2D eigenvalue weighted by Gasteiger charge is -2.26. The Morgan fingerprint density at radius 1 is 1.17 bits per heavy atom. The van der Waals surface area contributed by atoms with Gasteiger partial charge in [0.2, 0.25) is 5.91 Å². The van der Waals surface area contributed by atoms with Crippen LogP contribution in [0.25, 0.3) is 0 Å². The molecule has 1 heterocycles. The van der Waals surface area contributed by atoms with Gasteiger partial charge in [0.1, 0.15) is 0 Å². The summed E-state index contributed by atoms with van der Waals surface area (Å²) in [6, 6.07) is 0. The third kappa shape index (κ3) is 3.69. The normalized spacial score (nSPS) is 29.4. The summed E-state index contributed by atoms with van der Waals surface area (Å²) in [4.78, 5) is 14.5. The molecule has 2 fully saturated rings. The van der Waals surface area contributed by atoms with Gasteiger partial charge in [0.25, 0.3) is 0 Å². The van der Waals surface area contributed by atoms with Crippen molar-refractivity contribution in [3.8, 4) is 0 Å². The first-order valence-electron chi connectivity index (χ1n) is 7.51. The average Bonchev–Trinajstić information content (AvgIpc) is 2.88. The summed E-state index contributed by atoms with van der Waals surface area (Å²) < 4.78 is 0. The van der Waals surface area contributed by atoms with Gasteiger partial charge >= 0.3 is 0 Å². The minimum Gasteiger partial charge on any atom is -0.355 e.